The Morgan fingerprint density at radius 2 is 1.67 bits per heavy atom. The molecule has 1 saturated carbocycles. The number of benzene rings is 1. The molecule has 2 atom stereocenters. The molecule has 0 aromatic heterocycles. The van der Waals surface area contributed by atoms with E-state index in [0.29, 0.717) is 0 Å². The Hall–Kier alpha value is -0.280. The summed E-state index contributed by atoms with van der Waals surface area (Å²) >= 11 is 0. The van der Waals surface area contributed by atoms with E-state index in [1.165, 1.54) is 37.9 Å². The van der Waals surface area contributed by atoms with Crippen molar-refractivity contribution in [2.24, 2.45) is 0 Å². The molecule has 4 heteroatoms. The van der Waals surface area contributed by atoms with Gasteiger partial charge in [0.1, 0.15) is 0 Å². The quantitative estimate of drug-likeness (QED) is 0.894. The summed E-state index contributed by atoms with van der Waals surface area (Å²) < 4.78 is 0. The van der Waals surface area contributed by atoms with Crippen LogP contribution in [0.4, 0.5) is 0 Å². The maximum absolute atomic E-state index is 3.80. The van der Waals surface area contributed by atoms with Crippen molar-refractivity contribution in [1.82, 2.24) is 10.6 Å². The SMILES string of the molecule is Cl.Cl.c1ccc([C@@H]2C[C@H]2NC2CCNCC2)cc1. The van der Waals surface area contributed by atoms with Gasteiger partial charge in [-0.1, -0.05) is 30.3 Å². The molecular formula is C14H22Cl2N2. The van der Waals surface area contributed by atoms with Gasteiger partial charge in [-0.3, -0.25) is 0 Å². The van der Waals surface area contributed by atoms with Crippen LogP contribution in [0.2, 0.25) is 0 Å². The van der Waals surface area contributed by atoms with Crippen molar-refractivity contribution in [2.45, 2.75) is 37.3 Å². The van der Waals surface area contributed by atoms with Gasteiger partial charge >= 0.3 is 0 Å². The van der Waals surface area contributed by atoms with Crippen molar-refractivity contribution in [3.8, 4) is 0 Å². The third kappa shape index (κ3) is 3.86. The number of piperidine rings is 1. The second-order valence-corrected chi connectivity index (χ2v) is 5.05. The first kappa shape index (κ1) is 15.8. The average molecular weight is 289 g/mol. The van der Waals surface area contributed by atoms with E-state index in [2.05, 4.69) is 41.0 Å². The Bertz CT molecular complexity index is 339. The van der Waals surface area contributed by atoms with E-state index in [1.807, 2.05) is 0 Å². The van der Waals surface area contributed by atoms with Crippen molar-refractivity contribution in [3.63, 3.8) is 0 Å². The van der Waals surface area contributed by atoms with Crippen LogP contribution in [0, 0.1) is 0 Å². The van der Waals surface area contributed by atoms with E-state index >= 15 is 0 Å². The fraction of sp³-hybridized carbons (Fsp3) is 0.571. The van der Waals surface area contributed by atoms with Gasteiger partial charge < -0.3 is 10.6 Å². The first-order valence-corrected chi connectivity index (χ1v) is 6.45. The van der Waals surface area contributed by atoms with Crippen LogP contribution in [0.3, 0.4) is 0 Å². The predicted molar refractivity (Wildman–Crippen MR) is 81.1 cm³/mol. The molecule has 18 heavy (non-hydrogen) atoms. The Kier molecular flexibility index (Phi) is 6.44. The predicted octanol–water partition coefficient (Wildman–Crippen LogP) is 2.73. The normalized spacial score (nSPS) is 26.9. The third-order valence-electron chi connectivity index (χ3n) is 3.81. The Morgan fingerprint density at radius 3 is 2.33 bits per heavy atom. The summed E-state index contributed by atoms with van der Waals surface area (Å²) in [6.07, 6.45) is 3.91. The molecule has 2 N–H and O–H groups in total. The summed E-state index contributed by atoms with van der Waals surface area (Å²) in [7, 11) is 0. The highest BCUT2D eigenvalue weighted by Gasteiger charge is 2.39. The van der Waals surface area contributed by atoms with Crippen LogP contribution in [-0.2, 0) is 0 Å². The first-order valence-electron chi connectivity index (χ1n) is 6.45. The molecule has 0 radical (unpaired) electrons. The molecule has 1 saturated heterocycles. The Labute approximate surface area is 122 Å². The maximum atomic E-state index is 3.80. The second kappa shape index (κ2) is 7.34. The molecule has 0 bridgehead atoms. The molecule has 0 unspecified atom stereocenters. The first-order chi connectivity index (χ1) is 7.93. The van der Waals surface area contributed by atoms with Crippen LogP contribution in [0.5, 0.6) is 0 Å². The lowest BCUT2D eigenvalue weighted by atomic mass is 10.1. The zero-order chi connectivity index (χ0) is 10.8. The van der Waals surface area contributed by atoms with E-state index < -0.39 is 0 Å². The van der Waals surface area contributed by atoms with E-state index in [9.17, 15) is 0 Å². The van der Waals surface area contributed by atoms with Crippen LogP contribution in [0.25, 0.3) is 0 Å². The molecule has 102 valence electrons. The fourth-order valence-corrected chi connectivity index (χ4v) is 2.74. The van der Waals surface area contributed by atoms with E-state index in [1.54, 1.807) is 0 Å². The van der Waals surface area contributed by atoms with Crippen molar-refractivity contribution in [1.29, 1.82) is 0 Å². The zero-order valence-corrected chi connectivity index (χ0v) is 12.1. The molecule has 1 aliphatic carbocycles. The van der Waals surface area contributed by atoms with Crippen LogP contribution < -0.4 is 10.6 Å². The van der Waals surface area contributed by atoms with Crippen molar-refractivity contribution in [2.75, 3.05) is 13.1 Å². The van der Waals surface area contributed by atoms with Crippen LogP contribution in [0.1, 0.15) is 30.7 Å². The van der Waals surface area contributed by atoms with Crippen LogP contribution in [-0.4, -0.2) is 25.2 Å². The molecule has 2 fully saturated rings. The van der Waals surface area contributed by atoms with Gasteiger partial charge in [-0.2, -0.15) is 0 Å². The maximum Gasteiger partial charge on any atom is 0.0145 e. The summed E-state index contributed by atoms with van der Waals surface area (Å²) in [5.74, 6) is 0.774. The number of nitrogens with one attached hydrogen (secondary N) is 2. The molecule has 1 heterocycles. The summed E-state index contributed by atoms with van der Waals surface area (Å²) in [6, 6.07) is 12.4. The summed E-state index contributed by atoms with van der Waals surface area (Å²) in [5, 5.41) is 7.21. The molecule has 1 aliphatic heterocycles. The third-order valence-corrected chi connectivity index (χ3v) is 3.81. The van der Waals surface area contributed by atoms with Crippen LogP contribution in [0.15, 0.2) is 30.3 Å². The number of hydrogen-bond acceptors (Lipinski definition) is 2. The lowest BCUT2D eigenvalue weighted by molar-refractivity contribution is 0.383. The highest BCUT2D eigenvalue weighted by molar-refractivity contribution is 5.85. The number of rotatable bonds is 3. The zero-order valence-electron chi connectivity index (χ0n) is 10.5. The Morgan fingerprint density at radius 1 is 1.00 bits per heavy atom. The van der Waals surface area contributed by atoms with E-state index in [4.69, 9.17) is 0 Å². The van der Waals surface area contributed by atoms with Crippen LogP contribution >= 0.6 is 24.8 Å². The van der Waals surface area contributed by atoms with Crippen molar-refractivity contribution < 1.29 is 0 Å². The standard InChI is InChI=1S/C14H20N2.2ClH/c1-2-4-11(5-3-1)13-10-14(13)16-12-6-8-15-9-7-12;;/h1-5,12-16H,6-10H2;2*1H/t13-,14+;;/m0../s1. The molecule has 0 amide bonds. The second-order valence-electron chi connectivity index (χ2n) is 5.05. The molecule has 2 nitrogen and oxygen atoms in total. The monoisotopic (exact) mass is 288 g/mol. The van der Waals surface area contributed by atoms with Gasteiger partial charge in [0.2, 0.25) is 0 Å². The van der Waals surface area contributed by atoms with Gasteiger partial charge in [0, 0.05) is 18.0 Å². The minimum absolute atomic E-state index is 0. The molecule has 0 spiro atoms. The summed E-state index contributed by atoms with van der Waals surface area (Å²) in [6.45, 7) is 2.36. The van der Waals surface area contributed by atoms with Gasteiger partial charge in [0.05, 0.1) is 0 Å². The van der Waals surface area contributed by atoms with Crippen molar-refractivity contribution >= 4 is 24.8 Å². The van der Waals surface area contributed by atoms with E-state index in [0.717, 1.165) is 18.0 Å². The fourth-order valence-electron chi connectivity index (χ4n) is 2.74. The molecular weight excluding hydrogens is 267 g/mol. The molecule has 3 rings (SSSR count). The van der Waals surface area contributed by atoms with Gasteiger partial charge in [0.25, 0.3) is 0 Å². The minimum atomic E-state index is 0. The van der Waals surface area contributed by atoms with E-state index in [-0.39, 0.29) is 24.8 Å². The summed E-state index contributed by atoms with van der Waals surface area (Å²) in [4.78, 5) is 0. The smallest absolute Gasteiger partial charge is 0.0145 e. The van der Waals surface area contributed by atoms with Gasteiger partial charge in [-0.25, -0.2) is 0 Å². The average Bonchev–Trinajstić information content (AvgIpc) is 3.11. The highest BCUT2D eigenvalue weighted by Crippen LogP contribution is 2.41. The number of hydrogen-bond donors (Lipinski definition) is 2. The van der Waals surface area contributed by atoms with Crippen molar-refractivity contribution in [3.05, 3.63) is 35.9 Å². The highest BCUT2D eigenvalue weighted by atomic mass is 35.5. The molecule has 1 aromatic rings. The van der Waals surface area contributed by atoms with Gasteiger partial charge in [0.15, 0.2) is 0 Å². The Balaban J connectivity index is 0.000000810. The summed E-state index contributed by atoms with van der Waals surface area (Å²) in [5.41, 5.74) is 1.51. The lowest BCUT2D eigenvalue weighted by Gasteiger charge is -2.24. The molecule has 2 aliphatic rings. The number of halogens is 2. The topological polar surface area (TPSA) is 24.1 Å². The van der Waals surface area contributed by atoms with Gasteiger partial charge in [-0.05, 0) is 37.9 Å². The molecule has 1 aromatic carbocycles. The lowest BCUT2D eigenvalue weighted by Crippen LogP contribution is -2.41. The van der Waals surface area contributed by atoms with Gasteiger partial charge in [-0.15, -0.1) is 24.8 Å². The largest absolute Gasteiger partial charge is 0.317 e. The minimum Gasteiger partial charge on any atom is -0.317 e.